The molecule has 0 fully saturated rings. The zero-order chi connectivity index (χ0) is 17.2. The van der Waals surface area contributed by atoms with Crippen molar-refractivity contribution in [2.24, 2.45) is 0 Å². The number of rotatable bonds is 5. The molecule has 9 heteroatoms. The van der Waals surface area contributed by atoms with Gasteiger partial charge in [-0.1, -0.05) is 24.3 Å². The van der Waals surface area contributed by atoms with E-state index in [1.165, 1.54) is 11.0 Å². The minimum absolute atomic E-state index is 0. The minimum Gasteiger partial charge on any atom is -0.308 e. The average Bonchev–Trinajstić information content (AvgIpc) is 2.88. The van der Waals surface area contributed by atoms with Gasteiger partial charge in [0.05, 0.1) is 15.8 Å². The summed E-state index contributed by atoms with van der Waals surface area (Å²) in [5.74, 6) is -0.153. The van der Waals surface area contributed by atoms with Crippen molar-refractivity contribution in [2.45, 2.75) is 19.5 Å². The molecule has 24 heavy (non-hydrogen) atoms. The van der Waals surface area contributed by atoms with Crippen molar-refractivity contribution in [2.75, 3.05) is 32.1 Å². The number of amides is 1. The van der Waals surface area contributed by atoms with Crippen LogP contribution in [0.25, 0.3) is 10.2 Å². The van der Waals surface area contributed by atoms with Crippen LogP contribution in [-0.2, 0) is 11.0 Å². The number of carbonyl (C=O) groups is 1. The molecule has 0 atom stereocenters. The van der Waals surface area contributed by atoms with E-state index >= 15 is 0 Å². The van der Waals surface area contributed by atoms with Crippen molar-refractivity contribution < 1.29 is 18.0 Å². The van der Waals surface area contributed by atoms with Gasteiger partial charge in [-0.15, -0.1) is 12.4 Å². The lowest BCUT2D eigenvalue weighted by Crippen LogP contribution is -2.36. The lowest BCUT2D eigenvalue weighted by molar-refractivity contribution is -0.136. The maximum absolute atomic E-state index is 13.1. The maximum atomic E-state index is 13.1. The SMILES string of the molecule is CCC(=O)N(CCN(C)C)c1nc2c(C(F)(F)F)cccc2s1.Cl. The number of likely N-dealkylation sites (N-methyl/N-ethyl adjacent to an activating group) is 1. The van der Waals surface area contributed by atoms with E-state index in [9.17, 15) is 18.0 Å². The Hall–Kier alpha value is -1.38. The number of fused-ring (bicyclic) bond motifs is 1. The van der Waals surface area contributed by atoms with Gasteiger partial charge in [-0.25, -0.2) is 4.98 Å². The number of anilines is 1. The molecule has 1 heterocycles. The third kappa shape index (κ3) is 4.58. The van der Waals surface area contributed by atoms with Crippen molar-refractivity contribution in [3.8, 4) is 0 Å². The summed E-state index contributed by atoms with van der Waals surface area (Å²) in [5.41, 5.74) is -0.868. The number of hydrogen-bond acceptors (Lipinski definition) is 4. The van der Waals surface area contributed by atoms with Crippen LogP contribution in [0.4, 0.5) is 18.3 Å². The molecule has 4 nitrogen and oxygen atoms in total. The molecule has 0 radical (unpaired) electrons. The first-order valence-corrected chi connectivity index (χ1v) is 7.97. The molecule has 134 valence electrons. The summed E-state index contributed by atoms with van der Waals surface area (Å²) in [6.07, 6.45) is -4.19. The first kappa shape index (κ1) is 20.7. The monoisotopic (exact) mass is 381 g/mol. The summed E-state index contributed by atoms with van der Waals surface area (Å²) < 4.78 is 39.7. The standard InChI is InChI=1S/C15H18F3N3OS.ClH/c1-4-12(22)21(9-8-20(2)3)14-19-13-10(15(16,17)18)6-5-7-11(13)23-14;/h5-7H,4,8-9H2,1-3H3;1H. The molecule has 1 aromatic heterocycles. The van der Waals surface area contributed by atoms with E-state index in [-0.39, 0.29) is 30.3 Å². The van der Waals surface area contributed by atoms with Crippen LogP contribution in [0.2, 0.25) is 0 Å². The first-order chi connectivity index (χ1) is 10.7. The van der Waals surface area contributed by atoms with Crippen molar-refractivity contribution in [3.63, 3.8) is 0 Å². The predicted octanol–water partition coefficient (Wildman–Crippen LogP) is 4.04. The molecular formula is C15H19ClF3N3OS. The number of nitrogens with zero attached hydrogens (tertiary/aromatic N) is 3. The van der Waals surface area contributed by atoms with Gasteiger partial charge in [0, 0.05) is 19.5 Å². The van der Waals surface area contributed by atoms with Gasteiger partial charge in [-0.2, -0.15) is 13.2 Å². The summed E-state index contributed by atoms with van der Waals surface area (Å²) in [5, 5.41) is 0.311. The topological polar surface area (TPSA) is 36.4 Å². The highest BCUT2D eigenvalue weighted by Crippen LogP contribution is 2.38. The first-order valence-electron chi connectivity index (χ1n) is 7.16. The van der Waals surface area contributed by atoms with Gasteiger partial charge < -0.3 is 4.90 Å². The van der Waals surface area contributed by atoms with Gasteiger partial charge in [0.15, 0.2) is 5.13 Å². The highest BCUT2D eigenvalue weighted by atomic mass is 35.5. The summed E-state index contributed by atoms with van der Waals surface area (Å²) >= 11 is 1.11. The van der Waals surface area contributed by atoms with E-state index in [0.717, 1.165) is 17.4 Å². The lowest BCUT2D eigenvalue weighted by Gasteiger charge is -2.21. The molecule has 0 aliphatic rings. The fourth-order valence-corrected chi connectivity index (χ4v) is 3.13. The van der Waals surface area contributed by atoms with Crippen molar-refractivity contribution in [3.05, 3.63) is 23.8 Å². The molecule has 0 bridgehead atoms. The van der Waals surface area contributed by atoms with Crippen LogP contribution in [-0.4, -0.2) is 43.0 Å². The molecule has 1 aromatic carbocycles. The molecule has 0 aliphatic carbocycles. The predicted molar refractivity (Wildman–Crippen MR) is 93.1 cm³/mol. The number of aromatic nitrogens is 1. The van der Waals surface area contributed by atoms with Gasteiger partial charge >= 0.3 is 6.18 Å². The third-order valence-electron chi connectivity index (χ3n) is 3.32. The summed E-state index contributed by atoms with van der Waals surface area (Å²) in [6.45, 7) is 2.72. The molecule has 0 saturated heterocycles. The molecule has 0 unspecified atom stereocenters. The number of para-hydroxylation sites is 1. The Morgan fingerprint density at radius 1 is 1.25 bits per heavy atom. The summed E-state index contributed by atoms with van der Waals surface area (Å²) in [6, 6.07) is 3.96. The van der Waals surface area contributed by atoms with E-state index in [1.54, 1.807) is 13.0 Å². The molecule has 0 N–H and O–H groups in total. The molecule has 2 rings (SSSR count). The van der Waals surface area contributed by atoms with Crippen molar-refractivity contribution in [1.29, 1.82) is 0 Å². The van der Waals surface area contributed by atoms with Crippen LogP contribution in [0.15, 0.2) is 18.2 Å². The number of benzene rings is 1. The zero-order valence-electron chi connectivity index (χ0n) is 13.6. The van der Waals surface area contributed by atoms with Crippen LogP contribution in [0.5, 0.6) is 0 Å². The normalized spacial score (nSPS) is 11.6. The molecule has 0 spiro atoms. The van der Waals surface area contributed by atoms with Crippen LogP contribution in [0.1, 0.15) is 18.9 Å². The fourth-order valence-electron chi connectivity index (χ4n) is 2.10. The maximum Gasteiger partial charge on any atom is 0.418 e. The quantitative estimate of drug-likeness (QED) is 0.784. The second kappa shape index (κ2) is 8.13. The average molecular weight is 382 g/mol. The Kier molecular flexibility index (Phi) is 7.00. The van der Waals surface area contributed by atoms with E-state index < -0.39 is 11.7 Å². The van der Waals surface area contributed by atoms with Gasteiger partial charge in [0.2, 0.25) is 5.91 Å². The second-order valence-electron chi connectivity index (χ2n) is 5.35. The van der Waals surface area contributed by atoms with Gasteiger partial charge in [0.1, 0.15) is 0 Å². The van der Waals surface area contributed by atoms with Crippen LogP contribution < -0.4 is 4.90 Å². The minimum atomic E-state index is -4.46. The Bertz CT molecular complexity index is 703. The highest BCUT2D eigenvalue weighted by Gasteiger charge is 2.34. The number of hydrogen-bond donors (Lipinski definition) is 0. The molecule has 0 saturated carbocycles. The van der Waals surface area contributed by atoms with Gasteiger partial charge in [-0.3, -0.25) is 9.69 Å². The van der Waals surface area contributed by atoms with Gasteiger partial charge in [0.25, 0.3) is 0 Å². The van der Waals surface area contributed by atoms with Crippen LogP contribution in [0.3, 0.4) is 0 Å². The van der Waals surface area contributed by atoms with E-state index in [4.69, 9.17) is 0 Å². The number of thiazole rings is 1. The Morgan fingerprint density at radius 3 is 2.46 bits per heavy atom. The Morgan fingerprint density at radius 2 is 1.92 bits per heavy atom. The largest absolute Gasteiger partial charge is 0.418 e. The molecular weight excluding hydrogens is 363 g/mol. The van der Waals surface area contributed by atoms with Crippen molar-refractivity contribution in [1.82, 2.24) is 9.88 Å². The third-order valence-corrected chi connectivity index (χ3v) is 4.36. The molecule has 0 aliphatic heterocycles. The molecule has 1 amide bonds. The van der Waals surface area contributed by atoms with Crippen LogP contribution >= 0.6 is 23.7 Å². The summed E-state index contributed by atoms with van der Waals surface area (Å²) in [4.78, 5) is 19.6. The van der Waals surface area contributed by atoms with E-state index in [0.29, 0.717) is 22.9 Å². The molecule has 2 aromatic rings. The van der Waals surface area contributed by atoms with Gasteiger partial charge in [-0.05, 0) is 26.2 Å². The number of halogens is 4. The smallest absolute Gasteiger partial charge is 0.308 e. The second-order valence-corrected chi connectivity index (χ2v) is 6.36. The van der Waals surface area contributed by atoms with E-state index in [2.05, 4.69) is 4.98 Å². The Balaban J connectivity index is 0.00000288. The number of carbonyl (C=O) groups excluding carboxylic acids is 1. The van der Waals surface area contributed by atoms with Crippen LogP contribution in [0, 0.1) is 0 Å². The fraction of sp³-hybridized carbons (Fsp3) is 0.467. The number of alkyl halides is 3. The highest BCUT2D eigenvalue weighted by molar-refractivity contribution is 7.22. The van der Waals surface area contributed by atoms with E-state index in [1.807, 2.05) is 19.0 Å². The zero-order valence-corrected chi connectivity index (χ0v) is 15.2. The van der Waals surface area contributed by atoms with Crippen molar-refractivity contribution >= 4 is 45.0 Å². The summed E-state index contributed by atoms with van der Waals surface area (Å²) in [7, 11) is 3.74. The lowest BCUT2D eigenvalue weighted by atomic mass is 10.2. The Labute approximate surface area is 148 Å².